The molecular weight excluding hydrogens is 266 g/mol. The van der Waals surface area contributed by atoms with Crippen LogP contribution >= 0.6 is 0 Å². The Kier molecular flexibility index (Phi) is 4.37. The van der Waals surface area contributed by atoms with E-state index >= 15 is 0 Å². The molecule has 0 fully saturated rings. The number of benzene rings is 1. The molecular formula is C15H21N5O. The van der Waals surface area contributed by atoms with Gasteiger partial charge in [-0.3, -0.25) is 9.89 Å². The smallest absolute Gasteiger partial charge is 0.291 e. The number of nitrogens with one attached hydrogen (secondary N) is 2. The number of nitrogens with two attached hydrogens (primary N) is 1. The summed E-state index contributed by atoms with van der Waals surface area (Å²) in [5, 5.41) is 9.56. The highest BCUT2D eigenvalue weighted by Crippen LogP contribution is 2.17. The summed E-state index contributed by atoms with van der Waals surface area (Å²) in [6, 6.07) is 7.79. The maximum Gasteiger partial charge on any atom is 0.291 e. The molecule has 1 amide bonds. The van der Waals surface area contributed by atoms with Gasteiger partial charge >= 0.3 is 0 Å². The summed E-state index contributed by atoms with van der Waals surface area (Å²) >= 11 is 0. The lowest BCUT2D eigenvalue weighted by Crippen LogP contribution is -2.24. The van der Waals surface area contributed by atoms with Crippen LogP contribution in [0.4, 0.5) is 0 Å². The van der Waals surface area contributed by atoms with Crippen molar-refractivity contribution in [2.75, 3.05) is 0 Å². The van der Waals surface area contributed by atoms with Crippen molar-refractivity contribution < 1.29 is 4.79 Å². The number of aromatic amines is 1. The number of nitrogens with zero attached hydrogens (tertiary/aromatic N) is 2. The summed E-state index contributed by atoms with van der Waals surface area (Å²) in [5.41, 5.74) is 7.45. The average Bonchev–Trinajstić information content (AvgIpc) is 2.95. The SMILES string of the molecule is CC(C)(C)c1nc(C(=O)NCc2ccc(CN)cc2)n[nH]1. The van der Waals surface area contributed by atoms with Gasteiger partial charge in [0.05, 0.1) is 0 Å². The molecule has 6 heteroatoms. The topological polar surface area (TPSA) is 96.7 Å². The number of aromatic nitrogens is 3. The van der Waals surface area contributed by atoms with Crippen molar-refractivity contribution in [1.29, 1.82) is 0 Å². The molecule has 2 rings (SSSR count). The summed E-state index contributed by atoms with van der Waals surface area (Å²) in [7, 11) is 0. The fourth-order valence-electron chi connectivity index (χ4n) is 1.75. The molecule has 4 N–H and O–H groups in total. The van der Waals surface area contributed by atoms with Crippen molar-refractivity contribution in [2.45, 2.75) is 39.3 Å². The monoisotopic (exact) mass is 287 g/mol. The van der Waals surface area contributed by atoms with Crippen LogP contribution in [0.3, 0.4) is 0 Å². The highest BCUT2D eigenvalue weighted by Gasteiger charge is 2.21. The molecule has 1 aromatic heterocycles. The molecule has 0 spiro atoms. The van der Waals surface area contributed by atoms with E-state index in [2.05, 4.69) is 20.5 Å². The molecule has 0 radical (unpaired) electrons. The van der Waals surface area contributed by atoms with Gasteiger partial charge in [-0.15, -0.1) is 5.10 Å². The Hall–Kier alpha value is -2.21. The lowest BCUT2D eigenvalue weighted by Gasteiger charge is -2.12. The first-order chi connectivity index (χ1) is 9.90. The van der Waals surface area contributed by atoms with Gasteiger partial charge < -0.3 is 11.1 Å². The molecule has 2 aromatic rings. The van der Waals surface area contributed by atoms with E-state index in [4.69, 9.17) is 5.73 Å². The molecule has 0 saturated heterocycles. The van der Waals surface area contributed by atoms with Gasteiger partial charge in [0.2, 0.25) is 5.82 Å². The minimum Gasteiger partial charge on any atom is -0.345 e. The molecule has 21 heavy (non-hydrogen) atoms. The minimum atomic E-state index is -0.287. The van der Waals surface area contributed by atoms with Gasteiger partial charge in [0, 0.05) is 18.5 Å². The van der Waals surface area contributed by atoms with Crippen LogP contribution in [0, 0.1) is 0 Å². The van der Waals surface area contributed by atoms with Crippen molar-refractivity contribution in [1.82, 2.24) is 20.5 Å². The van der Waals surface area contributed by atoms with Crippen LogP contribution in [0.15, 0.2) is 24.3 Å². The first-order valence-electron chi connectivity index (χ1n) is 6.89. The maximum absolute atomic E-state index is 12.0. The zero-order valence-corrected chi connectivity index (χ0v) is 12.6. The van der Waals surface area contributed by atoms with E-state index in [1.165, 1.54) is 0 Å². The van der Waals surface area contributed by atoms with E-state index in [-0.39, 0.29) is 17.1 Å². The van der Waals surface area contributed by atoms with Crippen molar-refractivity contribution in [3.8, 4) is 0 Å². The van der Waals surface area contributed by atoms with Gasteiger partial charge in [-0.05, 0) is 11.1 Å². The number of H-pyrrole nitrogens is 1. The number of hydrogen-bond acceptors (Lipinski definition) is 4. The number of carbonyl (C=O) groups excluding carboxylic acids is 1. The van der Waals surface area contributed by atoms with Gasteiger partial charge in [0.25, 0.3) is 5.91 Å². The van der Waals surface area contributed by atoms with Crippen LogP contribution in [-0.4, -0.2) is 21.1 Å². The van der Waals surface area contributed by atoms with Crippen LogP contribution in [0.1, 0.15) is 48.3 Å². The first kappa shape index (κ1) is 15.2. The van der Waals surface area contributed by atoms with Gasteiger partial charge in [-0.25, -0.2) is 4.98 Å². The molecule has 0 atom stereocenters. The molecule has 0 aliphatic carbocycles. The molecule has 6 nitrogen and oxygen atoms in total. The third kappa shape index (κ3) is 3.88. The van der Waals surface area contributed by atoms with E-state index in [9.17, 15) is 4.79 Å². The van der Waals surface area contributed by atoms with Gasteiger partial charge in [0.15, 0.2) is 0 Å². The van der Waals surface area contributed by atoms with E-state index in [1.807, 2.05) is 45.0 Å². The molecule has 0 aliphatic heterocycles. The van der Waals surface area contributed by atoms with Crippen LogP contribution < -0.4 is 11.1 Å². The van der Waals surface area contributed by atoms with Crippen LogP contribution in [-0.2, 0) is 18.5 Å². The summed E-state index contributed by atoms with van der Waals surface area (Å²) < 4.78 is 0. The molecule has 0 unspecified atom stereocenters. The van der Waals surface area contributed by atoms with Gasteiger partial charge in [0.1, 0.15) is 5.82 Å². The van der Waals surface area contributed by atoms with Crippen molar-refractivity contribution in [2.24, 2.45) is 5.73 Å². The second-order valence-corrected chi connectivity index (χ2v) is 5.96. The largest absolute Gasteiger partial charge is 0.345 e. The molecule has 0 bridgehead atoms. The fraction of sp³-hybridized carbons (Fsp3) is 0.400. The fourth-order valence-corrected chi connectivity index (χ4v) is 1.75. The minimum absolute atomic E-state index is 0.163. The molecule has 1 heterocycles. The van der Waals surface area contributed by atoms with Crippen LogP contribution in [0.2, 0.25) is 0 Å². The van der Waals surface area contributed by atoms with E-state index < -0.39 is 0 Å². The zero-order chi connectivity index (χ0) is 15.5. The summed E-state index contributed by atoms with van der Waals surface area (Å²) in [6.07, 6.45) is 0. The second-order valence-electron chi connectivity index (χ2n) is 5.96. The van der Waals surface area contributed by atoms with Crippen molar-refractivity contribution >= 4 is 5.91 Å². The Morgan fingerprint density at radius 1 is 1.24 bits per heavy atom. The second kappa shape index (κ2) is 6.05. The lowest BCUT2D eigenvalue weighted by molar-refractivity contribution is 0.0941. The van der Waals surface area contributed by atoms with Crippen molar-refractivity contribution in [3.63, 3.8) is 0 Å². The van der Waals surface area contributed by atoms with E-state index in [0.717, 1.165) is 11.1 Å². The van der Waals surface area contributed by atoms with E-state index in [1.54, 1.807) is 0 Å². The predicted octanol–water partition coefficient (Wildman–Crippen LogP) is 1.49. The molecule has 1 aromatic carbocycles. The first-order valence-corrected chi connectivity index (χ1v) is 6.89. The summed E-state index contributed by atoms with van der Waals surface area (Å²) in [6.45, 7) is 6.97. The summed E-state index contributed by atoms with van der Waals surface area (Å²) in [5.74, 6) is 0.572. The van der Waals surface area contributed by atoms with E-state index in [0.29, 0.717) is 18.9 Å². The molecule has 0 aliphatic rings. The third-order valence-corrected chi connectivity index (χ3v) is 3.11. The molecule has 0 saturated carbocycles. The van der Waals surface area contributed by atoms with Crippen LogP contribution in [0.5, 0.6) is 0 Å². The Morgan fingerprint density at radius 2 is 1.86 bits per heavy atom. The zero-order valence-electron chi connectivity index (χ0n) is 12.6. The van der Waals surface area contributed by atoms with Gasteiger partial charge in [-0.1, -0.05) is 45.0 Å². The normalized spacial score (nSPS) is 11.4. The number of rotatable bonds is 4. The number of amides is 1. The van der Waals surface area contributed by atoms with Crippen LogP contribution in [0.25, 0.3) is 0 Å². The lowest BCUT2D eigenvalue weighted by atomic mass is 9.96. The Morgan fingerprint density at radius 3 is 2.38 bits per heavy atom. The highest BCUT2D eigenvalue weighted by molar-refractivity contribution is 5.90. The highest BCUT2D eigenvalue weighted by atomic mass is 16.2. The number of carbonyl (C=O) groups is 1. The Labute approximate surface area is 124 Å². The van der Waals surface area contributed by atoms with Crippen molar-refractivity contribution in [3.05, 3.63) is 47.0 Å². The Balaban J connectivity index is 1.96. The quantitative estimate of drug-likeness (QED) is 0.793. The average molecular weight is 287 g/mol. The summed E-state index contributed by atoms with van der Waals surface area (Å²) in [4.78, 5) is 16.2. The predicted molar refractivity (Wildman–Crippen MR) is 80.6 cm³/mol. The molecule has 112 valence electrons. The third-order valence-electron chi connectivity index (χ3n) is 3.11. The van der Waals surface area contributed by atoms with Gasteiger partial charge in [-0.2, -0.15) is 0 Å². The number of hydrogen-bond donors (Lipinski definition) is 3. The standard InChI is InChI=1S/C15H21N5O/c1-15(2,3)14-18-12(19-20-14)13(21)17-9-11-6-4-10(8-16)5-7-11/h4-7H,8-9,16H2,1-3H3,(H,17,21)(H,18,19,20). The Bertz CT molecular complexity index is 610. The maximum atomic E-state index is 12.0.